The number of nitrogens with two attached hydrogens (primary N) is 1. The first kappa shape index (κ1) is 18.8. The number of aliphatic carboxylic acids is 1. The maximum atomic E-state index is 9.60. The monoisotopic (exact) mass is 204 g/mol. The van der Waals surface area contributed by atoms with E-state index >= 15 is 0 Å². The Morgan fingerprint density at radius 1 is 1.43 bits per heavy atom. The second kappa shape index (κ2) is 14.6. The summed E-state index contributed by atoms with van der Waals surface area (Å²) in [7, 11) is 6.00. The van der Waals surface area contributed by atoms with Crippen LogP contribution in [0.4, 0.5) is 0 Å². The SMILES string of the molecule is C=C(C)C(=O)O.CCCN.CN(C)C. The van der Waals surface area contributed by atoms with Gasteiger partial charge >= 0.3 is 5.97 Å². The molecular formula is C10H24N2O2. The number of hydrogen-bond acceptors (Lipinski definition) is 3. The Morgan fingerprint density at radius 3 is 1.57 bits per heavy atom. The molecule has 4 heteroatoms. The lowest BCUT2D eigenvalue weighted by Gasteiger charge is -1.90. The van der Waals surface area contributed by atoms with Crippen LogP contribution in [0.1, 0.15) is 20.3 Å². The van der Waals surface area contributed by atoms with Crippen LogP contribution < -0.4 is 5.73 Å². The molecule has 0 unspecified atom stereocenters. The van der Waals surface area contributed by atoms with Crippen molar-refractivity contribution in [2.45, 2.75) is 20.3 Å². The maximum Gasteiger partial charge on any atom is 0.330 e. The molecule has 14 heavy (non-hydrogen) atoms. The number of carboxylic acid groups (broad SMARTS) is 1. The van der Waals surface area contributed by atoms with Gasteiger partial charge in [-0.05, 0) is 41.0 Å². The highest BCUT2D eigenvalue weighted by Gasteiger charge is 1.90. The fourth-order valence-electron chi connectivity index (χ4n) is 0. The van der Waals surface area contributed by atoms with Gasteiger partial charge in [0, 0.05) is 5.57 Å². The van der Waals surface area contributed by atoms with Crippen molar-refractivity contribution in [3.05, 3.63) is 12.2 Å². The van der Waals surface area contributed by atoms with Gasteiger partial charge in [-0.3, -0.25) is 0 Å². The number of nitrogens with zero attached hydrogens (tertiary/aromatic N) is 1. The lowest BCUT2D eigenvalue weighted by atomic mass is 10.4. The van der Waals surface area contributed by atoms with E-state index in [4.69, 9.17) is 10.8 Å². The average molecular weight is 204 g/mol. The summed E-state index contributed by atoms with van der Waals surface area (Å²) in [5.74, 6) is -0.935. The molecule has 0 aromatic rings. The Kier molecular flexibility index (Phi) is 19.7. The Hall–Kier alpha value is -0.870. The molecule has 0 atom stereocenters. The van der Waals surface area contributed by atoms with Crippen molar-refractivity contribution >= 4 is 5.97 Å². The highest BCUT2D eigenvalue weighted by atomic mass is 16.4. The molecule has 0 aliphatic rings. The first-order valence-corrected chi connectivity index (χ1v) is 4.49. The number of carboxylic acids is 1. The van der Waals surface area contributed by atoms with E-state index in [0.29, 0.717) is 0 Å². The molecule has 0 bridgehead atoms. The zero-order valence-electron chi connectivity index (χ0n) is 10.0. The van der Waals surface area contributed by atoms with Crippen LogP contribution in [0.5, 0.6) is 0 Å². The van der Waals surface area contributed by atoms with E-state index < -0.39 is 5.97 Å². The van der Waals surface area contributed by atoms with Crippen molar-refractivity contribution in [2.75, 3.05) is 27.7 Å². The van der Waals surface area contributed by atoms with Gasteiger partial charge in [-0.2, -0.15) is 0 Å². The van der Waals surface area contributed by atoms with Gasteiger partial charge < -0.3 is 15.7 Å². The highest BCUT2D eigenvalue weighted by Crippen LogP contribution is 1.81. The molecule has 0 aliphatic carbocycles. The molecule has 0 fully saturated rings. The van der Waals surface area contributed by atoms with Gasteiger partial charge in [0.2, 0.25) is 0 Å². The summed E-state index contributed by atoms with van der Waals surface area (Å²) < 4.78 is 0. The zero-order chi connectivity index (χ0) is 12.1. The Bertz CT molecular complexity index is 128. The molecule has 0 spiro atoms. The molecule has 0 saturated carbocycles. The molecule has 86 valence electrons. The third-order valence-electron chi connectivity index (χ3n) is 0.654. The van der Waals surface area contributed by atoms with Gasteiger partial charge in [0.25, 0.3) is 0 Å². The van der Waals surface area contributed by atoms with Crippen LogP contribution in [0.2, 0.25) is 0 Å². The van der Waals surface area contributed by atoms with Gasteiger partial charge in [0.1, 0.15) is 0 Å². The second-order valence-electron chi connectivity index (χ2n) is 3.22. The van der Waals surface area contributed by atoms with E-state index in [1.165, 1.54) is 6.92 Å². The largest absolute Gasteiger partial charge is 0.478 e. The molecule has 0 aromatic carbocycles. The number of hydrogen-bond donors (Lipinski definition) is 2. The van der Waals surface area contributed by atoms with Gasteiger partial charge in [0.15, 0.2) is 0 Å². The summed E-state index contributed by atoms with van der Waals surface area (Å²) >= 11 is 0. The lowest BCUT2D eigenvalue weighted by Crippen LogP contribution is -1.99. The molecule has 3 N–H and O–H groups in total. The van der Waals surface area contributed by atoms with Crippen molar-refractivity contribution in [1.82, 2.24) is 4.90 Å². The summed E-state index contributed by atoms with van der Waals surface area (Å²) in [5.41, 5.74) is 5.20. The van der Waals surface area contributed by atoms with Crippen molar-refractivity contribution < 1.29 is 9.90 Å². The molecule has 0 radical (unpaired) electrons. The van der Waals surface area contributed by atoms with Gasteiger partial charge in [-0.15, -0.1) is 0 Å². The molecule has 0 amide bonds. The molecule has 0 aromatic heterocycles. The zero-order valence-corrected chi connectivity index (χ0v) is 10.0. The minimum atomic E-state index is -0.935. The molecular weight excluding hydrogens is 180 g/mol. The summed E-state index contributed by atoms with van der Waals surface area (Å²) in [6, 6.07) is 0. The van der Waals surface area contributed by atoms with E-state index in [9.17, 15) is 4.79 Å². The first-order valence-electron chi connectivity index (χ1n) is 4.49. The van der Waals surface area contributed by atoms with E-state index in [1.54, 1.807) is 0 Å². The van der Waals surface area contributed by atoms with Crippen LogP contribution in [-0.2, 0) is 4.79 Å². The number of carbonyl (C=O) groups is 1. The third-order valence-corrected chi connectivity index (χ3v) is 0.654. The number of rotatable bonds is 2. The van der Waals surface area contributed by atoms with Gasteiger partial charge in [-0.25, -0.2) is 4.79 Å². The summed E-state index contributed by atoms with van der Waals surface area (Å²) in [6.45, 7) is 7.48. The van der Waals surface area contributed by atoms with E-state index in [-0.39, 0.29) is 5.57 Å². The molecule has 0 aliphatic heterocycles. The third kappa shape index (κ3) is 67.0. The quantitative estimate of drug-likeness (QED) is 0.663. The van der Waals surface area contributed by atoms with Crippen molar-refractivity contribution in [3.63, 3.8) is 0 Å². The molecule has 4 nitrogen and oxygen atoms in total. The fourth-order valence-corrected chi connectivity index (χ4v) is 0. The predicted molar refractivity (Wildman–Crippen MR) is 61.4 cm³/mol. The highest BCUT2D eigenvalue weighted by molar-refractivity contribution is 5.84. The Balaban J connectivity index is -0.000000135. The van der Waals surface area contributed by atoms with Crippen LogP contribution in [0, 0.1) is 0 Å². The fraction of sp³-hybridized carbons (Fsp3) is 0.700. The first-order chi connectivity index (χ1) is 6.29. The minimum absolute atomic E-state index is 0.176. The topological polar surface area (TPSA) is 66.6 Å². The van der Waals surface area contributed by atoms with E-state index in [0.717, 1.165) is 13.0 Å². The molecule has 0 rings (SSSR count). The standard InChI is InChI=1S/C4H6O2.2C3H9N/c1-3(2)4(5)6;1-4(2)3;1-2-3-4/h1H2,2H3,(H,5,6);1-3H3;2-4H2,1H3. The summed E-state index contributed by atoms with van der Waals surface area (Å²) in [6.07, 6.45) is 1.10. The van der Waals surface area contributed by atoms with E-state index in [2.05, 4.69) is 13.5 Å². The van der Waals surface area contributed by atoms with Gasteiger partial charge in [-0.1, -0.05) is 13.5 Å². The molecule has 0 saturated heterocycles. The van der Waals surface area contributed by atoms with Crippen molar-refractivity contribution in [1.29, 1.82) is 0 Å². The van der Waals surface area contributed by atoms with Gasteiger partial charge in [0.05, 0.1) is 0 Å². The van der Waals surface area contributed by atoms with Crippen molar-refractivity contribution in [2.24, 2.45) is 5.73 Å². The normalized spacial score (nSPS) is 7.93. The second-order valence-corrected chi connectivity index (χ2v) is 3.22. The van der Waals surface area contributed by atoms with E-state index in [1.807, 2.05) is 26.0 Å². The Morgan fingerprint density at radius 2 is 1.57 bits per heavy atom. The van der Waals surface area contributed by atoms with Crippen LogP contribution in [-0.4, -0.2) is 43.7 Å². The van der Waals surface area contributed by atoms with Crippen molar-refractivity contribution in [3.8, 4) is 0 Å². The van der Waals surface area contributed by atoms with Crippen LogP contribution in [0.25, 0.3) is 0 Å². The van der Waals surface area contributed by atoms with Crippen LogP contribution in [0.15, 0.2) is 12.2 Å². The minimum Gasteiger partial charge on any atom is -0.478 e. The Labute approximate surface area is 87.4 Å². The lowest BCUT2D eigenvalue weighted by molar-refractivity contribution is -0.132. The summed E-state index contributed by atoms with van der Waals surface area (Å²) in [5, 5.41) is 7.89. The molecule has 0 heterocycles. The maximum absolute atomic E-state index is 9.60. The average Bonchev–Trinajstić information content (AvgIpc) is 2.03. The predicted octanol–water partition coefficient (Wildman–Crippen LogP) is 1.18. The van der Waals surface area contributed by atoms with Crippen LogP contribution >= 0.6 is 0 Å². The van der Waals surface area contributed by atoms with Crippen LogP contribution in [0.3, 0.4) is 0 Å². The smallest absolute Gasteiger partial charge is 0.330 e. The summed E-state index contributed by atoms with van der Waals surface area (Å²) in [4.78, 5) is 11.6.